The van der Waals surface area contributed by atoms with Gasteiger partial charge in [-0.25, -0.2) is 28.1 Å². The average molecular weight is 1540 g/mol. The number of nitrogens with zero attached hydrogens (tertiary/aromatic N) is 7. The topological polar surface area (TPSA) is 277 Å². The standard InChI is InChI=1S/C44H53FN8O3.C38H39FN6O4.C6H14N2/c1-5-40-38(41(50-37-13-15-56-16-14-37)39-24-48-53(6-2)42(39)51-40)23-47-44(55)34-12-8-11-33(20-34)43(54)46-22-31-18-35(21-36(45)19-31)32-10-7-9-30(17-32)27-52-25-28(3)49-29(4)26-52;1-3-34-32(35(43-31-11-13-49-14-12-31)33-22-42-45(4-2)36(33)44-34)21-41-38(48)28-10-6-9-27(18-28)37(47)40-20-25-16-29(19-30(39)17-25)26-8-5-7-24(15-26)23-46;1-5-3-7-4-6(2)8-5/h7-12,17-21,24,28-29,37,49H,5-6,13-16,22-23,25-27H2,1-4H3,(H,46,54)(H,47,55)(H,50,51);5-10,15-19,22-23,31H,3-4,11-14,20-21H2,1-2H3,(H,40,47)(H,41,48)(H,43,44);5-8H,3-4H2,1-2H3/t28-,29+;;5-,6+. The molecule has 25 heteroatoms. The molecule has 9 N–H and O–H groups in total. The molecule has 4 fully saturated rings. The summed E-state index contributed by atoms with van der Waals surface area (Å²) < 4.78 is 44.4. The third kappa shape index (κ3) is 21.6. The monoisotopic (exact) mass is 1540 g/mol. The number of carbonyl (C=O) groups is 5. The van der Waals surface area contributed by atoms with Crippen molar-refractivity contribution >= 4 is 63.4 Å². The number of piperazine rings is 2. The summed E-state index contributed by atoms with van der Waals surface area (Å²) in [7, 11) is 0. The van der Waals surface area contributed by atoms with Crippen LogP contribution in [0.5, 0.6) is 0 Å². The van der Waals surface area contributed by atoms with Gasteiger partial charge in [-0.3, -0.25) is 28.9 Å². The van der Waals surface area contributed by atoms with Crippen molar-refractivity contribution in [2.75, 3.05) is 63.2 Å². The zero-order valence-electron chi connectivity index (χ0n) is 66.0. The lowest BCUT2D eigenvalue weighted by Gasteiger charge is -2.36. The van der Waals surface area contributed by atoms with Crippen LogP contribution in [-0.4, -0.2) is 153 Å². The molecular weight excluding hydrogens is 1430 g/mol. The lowest BCUT2D eigenvalue weighted by Crippen LogP contribution is -2.53. The number of aryl methyl sites for hydroxylation is 4. The lowest BCUT2D eigenvalue weighted by atomic mass is 10.00. The lowest BCUT2D eigenvalue weighted by molar-refractivity contribution is 0.0903. The number of hydrogen-bond acceptors (Lipinski definition) is 17. The summed E-state index contributed by atoms with van der Waals surface area (Å²) in [6, 6.07) is 40.3. The van der Waals surface area contributed by atoms with Gasteiger partial charge in [0.25, 0.3) is 23.6 Å². The minimum absolute atomic E-state index is 0.0696. The summed E-state index contributed by atoms with van der Waals surface area (Å²) in [6.07, 6.45) is 9.30. The van der Waals surface area contributed by atoms with Crippen LogP contribution in [0.4, 0.5) is 20.2 Å². The maximum atomic E-state index is 15.0. The van der Waals surface area contributed by atoms with Gasteiger partial charge in [0.05, 0.1) is 34.5 Å². The Morgan fingerprint density at radius 3 is 1.31 bits per heavy atom. The molecule has 4 aliphatic rings. The molecule has 4 amide bonds. The van der Waals surface area contributed by atoms with Crippen molar-refractivity contribution in [1.29, 1.82) is 0 Å². The summed E-state index contributed by atoms with van der Waals surface area (Å²) >= 11 is 0. The van der Waals surface area contributed by atoms with E-state index >= 15 is 0 Å². The highest BCUT2D eigenvalue weighted by molar-refractivity contribution is 6.01. The molecule has 4 aromatic heterocycles. The molecule has 0 saturated carbocycles. The van der Waals surface area contributed by atoms with Crippen molar-refractivity contribution < 1.29 is 42.2 Å². The van der Waals surface area contributed by atoms with Gasteiger partial charge in [0.1, 0.15) is 17.9 Å². The number of benzene rings is 6. The number of pyridine rings is 2. The first-order chi connectivity index (χ1) is 54.8. The summed E-state index contributed by atoms with van der Waals surface area (Å²) in [5.41, 5.74) is 14.3. The normalized spacial score (nSPS) is 17.4. The Balaban J connectivity index is 0.000000191. The third-order valence-electron chi connectivity index (χ3n) is 20.9. The first-order valence-electron chi connectivity index (χ1n) is 39.8. The van der Waals surface area contributed by atoms with Crippen molar-refractivity contribution in [1.82, 2.24) is 71.6 Å². The van der Waals surface area contributed by atoms with E-state index in [4.69, 9.17) is 19.4 Å². The minimum Gasteiger partial charge on any atom is -0.381 e. The van der Waals surface area contributed by atoms with Gasteiger partial charge in [0, 0.05) is 185 Å². The fraction of sp³-hybridized carbons (Fsp3) is 0.398. The summed E-state index contributed by atoms with van der Waals surface area (Å²) in [5.74, 6) is -2.21. The van der Waals surface area contributed by atoms with Crippen LogP contribution in [0.1, 0.15) is 172 Å². The molecule has 0 spiro atoms. The van der Waals surface area contributed by atoms with Crippen LogP contribution >= 0.6 is 0 Å². The Morgan fingerprint density at radius 1 is 0.487 bits per heavy atom. The average Bonchev–Trinajstić information content (AvgIpc) is 1.67. The van der Waals surface area contributed by atoms with Gasteiger partial charge >= 0.3 is 0 Å². The predicted octanol–water partition coefficient (Wildman–Crippen LogP) is 12.5. The first kappa shape index (κ1) is 81.8. The van der Waals surface area contributed by atoms with Crippen molar-refractivity contribution in [3.63, 3.8) is 0 Å². The van der Waals surface area contributed by atoms with Gasteiger partial charge in [-0.05, 0) is 204 Å². The van der Waals surface area contributed by atoms with E-state index in [9.17, 15) is 32.8 Å². The molecule has 0 unspecified atom stereocenters. The molecule has 8 heterocycles. The van der Waals surface area contributed by atoms with E-state index in [0.717, 1.165) is 132 Å². The molecule has 0 bridgehead atoms. The van der Waals surface area contributed by atoms with E-state index in [1.165, 1.54) is 29.8 Å². The number of rotatable bonds is 25. The molecule has 113 heavy (non-hydrogen) atoms. The molecular formula is C88H106F2N16O7. The van der Waals surface area contributed by atoms with E-state index in [0.29, 0.717) is 127 Å². The quantitative estimate of drug-likeness (QED) is 0.0241. The Hall–Kier alpha value is -10.7. The Labute approximate surface area is 660 Å². The number of hydrogen-bond donors (Lipinski definition) is 9. The summed E-state index contributed by atoms with van der Waals surface area (Å²) in [4.78, 5) is 77.2. The largest absolute Gasteiger partial charge is 0.381 e. The van der Waals surface area contributed by atoms with Crippen LogP contribution in [0.2, 0.25) is 0 Å². The van der Waals surface area contributed by atoms with E-state index < -0.39 is 11.7 Å². The van der Waals surface area contributed by atoms with E-state index in [1.54, 1.807) is 78.9 Å². The molecule has 14 rings (SSSR count). The second kappa shape index (κ2) is 39.2. The van der Waals surface area contributed by atoms with Crippen molar-refractivity contribution in [2.24, 2.45) is 0 Å². The molecule has 4 atom stereocenters. The molecule has 10 aromatic rings. The smallest absolute Gasteiger partial charge is 0.251 e. The fourth-order valence-corrected chi connectivity index (χ4v) is 15.3. The maximum absolute atomic E-state index is 15.0. The van der Waals surface area contributed by atoms with Crippen LogP contribution < -0.4 is 47.9 Å². The molecule has 0 aliphatic carbocycles. The van der Waals surface area contributed by atoms with Crippen LogP contribution in [0.15, 0.2) is 146 Å². The number of halogens is 2. The highest BCUT2D eigenvalue weighted by atomic mass is 19.1. The van der Waals surface area contributed by atoms with E-state index in [-0.39, 0.29) is 61.8 Å². The number of nitrogens with one attached hydrogen (secondary N) is 9. The van der Waals surface area contributed by atoms with E-state index in [1.807, 2.05) is 60.7 Å². The Kier molecular flexibility index (Phi) is 28.4. The second-order valence-corrected chi connectivity index (χ2v) is 29.8. The molecule has 23 nitrogen and oxygen atoms in total. The Morgan fingerprint density at radius 2 is 0.894 bits per heavy atom. The maximum Gasteiger partial charge on any atom is 0.251 e. The predicted molar refractivity (Wildman–Crippen MR) is 439 cm³/mol. The van der Waals surface area contributed by atoms with Gasteiger partial charge in [-0.1, -0.05) is 62.4 Å². The molecule has 4 aliphatic heterocycles. The zero-order chi connectivity index (χ0) is 79.5. The SMILES string of the molecule is CCc1nc2c(cnn2CC)c(NC2CCOCC2)c1CNC(=O)c1cccc(C(=O)NCc2cc(F)cc(-c3cccc(C=O)c3)c2)c1.CCc1nc2c(cnn2CC)c(NC2CCOCC2)c1CNC(=O)c1cccc(C(=O)NCc2cc(F)cc(-c3cccc(CN4C[C@@H](C)N[C@@H](C)C4)c3)c2)c1.C[C@@H]1CNC[C@H](C)N1. The van der Waals surface area contributed by atoms with Crippen LogP contribution in [0, 0.1) is 11.6 Å². The number of carbonyl (C=O) groups excluding carboxylic acids is 5. The van der Waals surface area contributed by atoms with E-state index in [2.05, 4.69) is 110 Å². The molecule has 6 aromatic carbocycles. The van der Waals surface area contributed by atoms with Crippen molar-refractivity contribution in [3.05, 3.63) is 225 Å². The molecule has 4 saturated heterocycles. The zero-order valence-corrected chi connectivity index (χ0v) is 66.0. The van der Waals surface area contributed by atoms with Crippen molar-refractivity contribution in [3.8, 4) is 22.3 Å². The number of ether oxygens (including phenoxy) is 2. The highest BCUT2D eigenvalue weighted by Crippen LogP contribution is 2.34. The Bertz CT molecular complexity index is 4960. The minimum atomic E-state index is -0.456. The van der Waals surface area contributed by atoms with Crippen LogP contribution in [0.3, 0.4) is 0 Å². The van der Waals surface area contributed by atoms with Gasteiger partial charge in [-0.15, -0.1) is 0 Å². The first-order valence-corrected chi connectivity index (χ1v) is 39.8. The highest BCUT2D eigenvalue weighted by Gasteiger charge is 2.27. The van der Waals surface area contributed by atoms with Crippen molar-refractivity contribution in [2.45, 2.75) is 176 Å². The second-order valence-electron chi connectivity index (χ2n) is 29.8. The number of aldehydes is 1. The number of anilines is 2. The van der Waals surface area contributed by atoms with Crippen LogP contribution in [-0.2, 0) is 68.1 Å². The fourth-order valence-electron chi connectivity index (χ4n) is 15.3. The number of fused-ring (bicyclic) bond motifs is 2. The third-order valence-corrected chi connectivity index (χ3v) is 20.9. The van der Waals surface area contributed by atoms with Gasteiger partial charge in [0.15, 0.2) is 11.3 Å². The van der Waals surface area contributed by atoms with Crippen LogP contribution in [0.25, 0.3) is 44.3 Å². The molecule has 0 radical (unpaired) electrons. The van der Waals surface area contributed by atoms with Gasteiger partial charge < -0.3 is 57.3 Å². The number of amides is 4. The van der Waals surface area contributed by atoms with Gasteiger partial charge in [0.2, 0.25) is 0 Å². The molecule has 594 valence electrons. The number of aromatic nitrogens is 6. The van der Waals surface area contributed by atoms with Gasteiger partial charge in [-0.2, -0.15) is 10.2 Å². The summed E-state index contributed by atoms with van der Waals surface area (Å²) in [6.45, 7) is 26.8. The summed E-state index contributed by atoms with van der Waals surface area (Å²) in [5, 5.41) is 40.6.